The molecule has 0 aliphatic heterocycles. The first-order chi connectivity index (χ1) is 9.36. The molecule has 0 aliphatic rings. The van der Waals surface area contributed by atoms with E-state index in [1.807, 2.05) is 13.8 Å². The number of benzene rings is 1. The van der Waals surface area contributed by atoms with Gasteiger partial charge in [0, 0.05) is 5.56 Å². The Kier molecular flexibility index (Phi) is 5.56. The predicted molar refractivity (Wildman–Crippen MR) is 78.3 cm³/mol. The molecule has 0 aliphatic carbocycles. The molecular formula is C14H18F2N2OS. The van der Waals surface area contributed by atoms with Gasteiger partial charge >= 0.3 is 0 Å². The summed E-state index contributed by atoms with van der Waals surface area (Å²) in [5.41, 5.74) is 4.90. The van der Waals surface area contributed by atoms with Gasteiger partial charge in [-0.1, -0.05) is 38.2 Å². The minimum Gasteiger partial charge on any atom is -0.391 e. The largest absolute Gasteiger partial charge is 0.391 e. The van der Waals surface area contributed by atoms with Crippen LogP contribution in [0.5, 0.6) is 0 Å². The van der Waals surface area contributed by atoms with E-state index in [0.717, 1.165) is 6.07 Å². The lowest BCUT2D eigenvalue weighted by molar-refractivity contribution is -0.121. The molecule has 1 rings (SSSR count). The summed E-state index contributed by atoms with van der Waals surface area (Å²) in [7, 11) is 0. The highest BCUT2D eigenvalue weighted by Crippen LogP contribution is 2.17. The van der Waals surface area contributed by atoms with E-state index in [2.05, 4.69) is 5.32 Å². The fraction of sp³-hybridized carbons (Fsp3) is 0.429. The van der Waals surface area contributed by atoms with Gasteiger partial charge in [-0.15, -0.1) is 0 Å². The summed E-state index contributed by atoms with van der Waals surface area (Å²) >= 11 is 4.99. The van der Waals surface area contributed by atoms with Crippen LogP contribution in [0, 0.1) is 11.6 Å². The lowest BCUT2D eigenvalue weighted by Gasteiger charge is -2.31. The lowest BCUT2D eigenvalue weighted by atomic mass is 9.92. The van der Waals surface area contributed by atoms with E-state index in [1.54, 1.807) is 0 Å². The fourth-order valence-corrected chi connectivity index (χ4v) is 2.35. The summed E-state index contributed by atoms with van der Waals surface area (Å²) in [6.45, 7) is 3.71. The maximum Gasteiger partial charge on any atom is 0.225 e. The van der Waals surface area contributed by atoms with Crippen LogP contribution >= 0.6 is 12.2 Å². The van der Waals surface area contributed by atoms with Gasteiger partial charge in [0.05, 0.1) is 16.9 Å². The summed E-state index contributed by atoms with van der Waals surface area (Å²) in [6, 6.07) is 3.74. The number of halogens is 2. The zero-order valence-electron chi connectivity index (χ0n) is 11.5. The molecular weight excluding hydrogens is 282 g/mol. The van der Waals surface area contributed by atoms with E-state index in [1.165, 1.54) is 12.1 Å². The lowest BCUT2D eigenvalue weighted by Crippen LogP contribution is -2.56. The van der Waals surface area contributed by atoms with E-state index >= 15 is 0 Å². The van der Waals surface area contributed by atoms with Crippen LogP contribution in [0.25, 0.3) is 0 Å². The van der Waals surface area contributed by atoms with Gasteiger partial charge in [-0.3, -0.25) is 4.79 Å². The molecule has 20 heavy (non-hydrogen) atoms. The monoisotopic (exact) mass is 300 g/mol. The molecule has 0 heterocycles. The van der Waals surface area contributed by atoms with Crippen LogP contribution in [-0.2, 0) is 11.2 Å². The number of nitrogens with one attached hydrogen (secondary N) is 1. The van der Waals surface area contributed by atoms with Crippen LogP contribution in [0.15, 0.2) is 18.2 Å². The predicted octanol–water partition coefficient (Wildman–Crippen LogP) is 2.47. The molecule has 3 nitrogen and oxygen atoms in total. The number of thiocarbonyl (C=S) groups is 1. The Hall–Kier alpha value is -1.56. The number of amides is 1. The molecule has 0 aromatic heterocycles. The van der Waals surface area contributed by atoms with Gasteiger partial charge in [0.1, 0.15) is 0 Å². The normalized spacial score (nSPS) is 11.2. The van der Waals surface area contributed by atoms with Crippen LogP contribution in [0.3, 0.4) is 0 Å². The smallest absolute Gasteiger partial charge is 0.225 e. The maximum atomic E-state index is 13.5. The summed E-state index contributed by atoms with van der Waals surface area (Å²) in [5, 5.41) is 2.73. The van der Waals surface area contributed by atoms with Crippen molar-refractivity contribution in [3.63, 3.8) is 0 Å². The average Bonchev–Trinajstić information content (AvgIpc) is 2.41. The van der Waals surface area contributed by atoms with Gasteiger partial charge < -0.3 is 11.1 Å². The van der Waals surface area contributed by atoms with Crippen LogP contribution in [0.1, 0.15) is 32.3 Å². The molecule has 0 spiro atoms. The Labute approximate surface area is 122 Å². The molecule has 3 N–H and O–H groups in total. The molecule has 0 saturated carbocycles. The first kappa shape index (κ1) is 16.5. The van der Waals surface area contributed by atoms with Crippen LogP contribution < -0.4 is 11.1 Å². The van der Waals surface area contributed by atoms with Gasteiger partial charge in [0.2, 0.25) is 5.91 Å². The maximum absolute atomic E-state index is 13.5. The number of nitrogens with two attached hydrogens (primary N) is 1. The summed E-state index contributed by atoms with van der Waals surface area (Å²) in [6.07, 6.45) is 0.820. The Bertz CT molecular complexity index is 516. The molecule has 1 aromatic carbocycles. The van der Waals surface area contributed by atoms with Crippen LogP contribution in [-0.4, -0.2) is 16.4 Å². The summed E-state index contributed by atoms with van der Waals surface area (Å²) in [5.74, 6) is -2.41. The third-order valence-corrected chi connectivity index (χ3v) is 3.83. The Balaban J connectivity index is 2.86. The SMILES string of the molecule is CCC(CC)(NC(=O)Cc1cccc(F)c1F)C(N)=S. The molecule has 6 heteroatoms. The van der Waals surface area contributed by atoms with Crippen molar-refractivity contribution in [2.75, 3.05) is 0 Å². The van der Waals surface area contributed by atoms with E-state index in [0.29, 0.717) is 12.8 Å². The second-order valence-corrected chi connectivity index (χ2v) is 5.03. The quantitative estimate of drug-likeness (QED) is 0.794. The number of hydrogen-bond acceptors (Lipinski definition) is 2. The topological polar surface area (TPSA) is 55.1 Å². The van der Waals surface area contributed by atoms with Gasteiger partial charge in [-0.2, -0.15) is 0 Å². The highest BCUT2D eigenvalue weighted by Gasteiger charge is 2.31. The third kappa shape index (κ3) is 3.50. The minimum atomic E-state index is -1.00. The van der Waals surface area contributed by atoms with Crippen molar-refractivity contribution < 1.29 is 13.6 Å². The van der Waals surface area contributed by atoms with Crippen LogP contribution in [0.4, 0.5) is 8.78 Å². The minimum absolute atomic E-state index is 0.00606. The molecule has 0 radical (unpaired) electrons. The third-order valence-electron chi connectivity index (χ3n) is 3.44. The van der Waals surface area contributed by atoms with Crippen molar-refractivity contribution in [1.82, 2.24) is 5.32 Å². The summed E-state index contributed by atoms with van der Waals surface area (Å²) in [4.78, 5) is 12.2. The molecule has 0 atom stereocenters. The molecule has 0 fully saturated rings. The zero-order valence-corrected chi connectivity index (χ0v) is 12.3. The second kappa shape index (κ2) is 6.74. The standard InChI is InChI=1S/C14H18F2N2OS/c1-3-14(4-2,13(17)20)18-11(19)8-9-6-5-7-10(15)12(9)16/h5-7H,3-4,8H2,1-2H3,(H2,17,20)(H,18,19). The number of hydrogen-bond donors (Lipinski definition) is 2. The first-order valence-corrected chi connectivity index (χ1v) is 6.81. The van der Waals surface area contributed by atoms with Crippen LogP contribution in [0.2, 0.25) is 0 Å². The zero-order chi connectivity index (χ0) is 15.3. The Morgan fingerprint density at radius 3 is 2.45 bits per heavy atom. The summed E-state index contributed by atoms with van der Waals surface area (Å²) < 4.78 is 26.6. The molecule has 0 bridgehead atoms. The van der Waals surface area contributed by atoms with E-state index in [4.69, 9.17) is 18.0 Å². The van der Waals surface area contributed by atoms with Crippen molar-refractivity contribution in [3.8, 4) is 0 Å². The number of carbonyl (C=O) groups is 1. The molecule has 110 valence electrons. The van der Waals surface area contributed by atoms with Gasteiger partial charge in [-0.25, -0.2) is 8.78 Å². The van der Waals surface area contributed by atoms with Crippen molar-refractivity contribution >= 4 is 23.1 Å². The van der Waals surface area contributed by atoms with Gasteiger partial charge in [0.25, 0.3) is 0 Å². The highest BCUT2D eigenvalue weighted by atomic mass is 32.1. The van der Waals surface area contributed by atoms with Gasteiger partial charge in [-0.05, 0) is 18.9 Å². The first-order valence-electron chi connectivity index (χ1n) is 6.40. The molecule has 0 unspecified atom stereocenters. The van der Waals surface area contributed by atoms with E-state index < -0.39 is 23.1 Å². The molecule has 1 aromatic rings. The Morgan fingerprint density at radius 2 is 1.95 bits per heavy atom. The molecule has 0 saturated heterocycles. The van der Waals surface area contributed by atoms with E-state index in [-0.39, 0.29) is 17.0 Å². The fourth-order valence-electron chi connectivity index (χ4n) is 2.01. The second-order valence-electron chi connectivity index (χ2n) is 4.59. The van der Waals surface area contributed by atoms with Crippen molar-refractivity contribution in [2.24, 2.45) is 5.73 Å². The number of rotatable bonds is 6. The van der Waals surface area contributed by atoms with Crippen molar-refractivity contribution in [2.45, 2.75) is 38.6 Å². The van der Waals surface area contributed by atoms with Crippen molar-refractivity contribution in [3.05, 3.63) is 35.4 Å². The average molecular weight is 300 g/mol. The van der Waals surface area contributed by atoms with Crippen molar-refractivity contribution in [1.29, 1.82) is 0 Å². The Morgan fingerprint density at radius 1 is 1.35 bits per heavy atom. The highest BCUT2D eigenvalue weighted by molar-refractivity contribution is 7.80. The van der Waals surface area contributed by atoms with E-state index in [9.17, 15) is 13.6 Å². The van der Waals surface area contributed by atoms with Gasteiger partial charge in [0.15, 0.2) is 11.6 Å². The molecule has 1 amide bonds. The number of carbonyl (C=O) groups excluding carboxylic acids is 1.